The van der Waals surface area contributed by atoms with Crippen LogP contribution in [0.1, 0.15) is 11.1 Å². The largest absolute Gasteiger partial charge is 0.393 e. The Morgan fingerprint density at radius 3 is 2.55 bits per heavy atom. The minimum absolute atomic E-state index is 0.101. The van der Waals surface area contributed by atoms with Crippen LogP contribution in [-0.4, -0.2) is 12.8 Å². The van der Waals surface area contributed by atoms with E-state index in [0.29, 0.717) is 12.0 Å². The number of halogens is 1. The van der Waals surface area contributed by atoms with Gasteiger partial charge in [0.2, 0.25) is 0 Å². The second-order valence-corrected chi connectivity index (χ2v) is 5.36. The van der Waals surface area contributed by atoms with Crippen molar-refractivity contribution in [2.45, 2.75) is 6.42 Å². The lowest BCUT2D eigenvalue weighted by atomic mass is 9.98. The molecule has 1 N–H and O–H groups in total. The molecule has 102 valence electrons. The zero-order chi connectivity index (χ0) is 14.4. The molecule has 20 heavy (non-hydrogen) atoms. The standard InChI is InChI=1S/C17H16BrNO/c1-19-12-16(14-8-5-9-15(18)11-14)17(20)10-13-6-3-2-4-7-13/h2-9,11-12,19H,10H2,1H3. The minimum atomic E-state index is 0.101. The lowest BCUT2D eigenvalue weighted by Gasteiger charge is -2.08. The third kappa shape index (κ3) is 3.81. The van der Waals surface area contributed by atoms with Crippen molar-refractivity contribution in [2.24, 2.45) is 0 Å². The fourth-order valence-corrected chi connectivity index (χ4v) is 2.40. The topological polar surface area (TPSA) is 29.1 Å². The molecule has 2 rings (SSSR count). The molecule has 0 fully saturated rings. The second kappa shape index (κ2) is 7.06. The van der Waals surface area contributed by atoms with E-state index in [9.17, 15) is 4.79 Å². The van der Waals surface area contributed by atoms with Gasteiger partial charge in [-0.25, -0.2) is 0 Å². The first-order chi connectivity index (χ1) is 9.70. The van der Waals surface area contributed by atoms with Gasteiger partial charge in [0, 0.05) is 29.7 Å². The Kier molecular flexibility index (Phi) is 5.13. The number of hydrogen-bond acceptors (Lipinski definition) is 2. The molecule has 0 aliphatic heterocycles. The van der Waals surface area contributed by atoms with Gasteiger partial charge in [0.25, 0.3) is 0 Å². The Morgan fingerprint density at radius 1 is 1.15 bits per heavy atom. The molecule has 2 aromatic rings. The quantitative estimate of drug-likeness (QED) is 0.845. The minimum Gasteiger partial charge on any atom is -0.393 e. The summed E-state index contributed by atoms with van der Waals surface area (Å²) in [5, 5.41) is 2.95. The molecule has 0 aliphatic rings. The molecule has 3 heteroatoms. The summed E-state index contributed by atoms with van der Waals surface area (Å²) in [5.41, 5.74) is 2.63. The van der Waals surface area contributed by atoms with Gasteiger partial charge in [0.05, 0.1) is 0 Å². The first kappa shape index (κ1) is 14.5. The Bertz CT molecular complexity index is 620. The van der Waals surface area contributed by atoms with Gasteiger partial charge in [0.1, 0.15) is 0 Å². The van der Waals surface area contributed by atoms with Crippen molar-refractivity contribution in [2.75, 3.05) is 7.05 Å². The third-order valence-corrected chi connectivity index (χ3v) is 3.43. The van der Waals surface area contributed by atoms with Crippen molar-refractivity contribution in [1.29, 1.82) is 0 Å². The van der Waals surface area contributed by atoms with Crippen molar-refractivity contribution in [3.8, 4) is 0 Å². The Balaban J connectivity index is 2.25. The number of allylic oxidation sites excluding steroid dienone is 1. The molecule has 0 aliphatic carbocycles. The predicted octanol–water partition coefficient (Wildman–Crippen LogP) is 3.82. The summed E-state index contributed by atoms with van der Waals surface area (Å²) in [6, 6.07) is 17.5. The Morgan fingerprint density at radius 2 is 1.90 bits per heavy atom. The Hall–Kier alpha value is -1.87. The molecule has 0 heterocycles. The van der Waals surface area contributed by atoms with Crippen LogP contribution in [0.25, 0.3) is 5.57 Å². The van der Waals surface area contributed by atoms with E-state index in [2.05, 4.69) is 21.2 Å². The summed E-state index contributed by atoms with van der Waals surface area (Å²) in [6.45, 7) is 0. The van der Waals surface area contributed by atoms with Gasteiger partial charge in [-0.15, -0.1) is 0 Å². The summed E-state index contributed by atoms with van der Waals surface area (Å²) in [6.07, 6.45) is 2.16. The zero-order valence-electron chi connectivity index (χ0n) is 11.3. The highest BCUT2D eigenvalue weighted by Gasteiger charge is 2.12. The van der Waals surface area contributed by atoms with Crippen LogP contribution in [0.15, 0.2) is 65.3 Å². The molecule has 0 unspecified atom stereocenters. The maximum absolute atomic E-state index is 12.5. The number of carbonyl (C=O) groups is 1. The SMILES string of the molecule is CNC=C(C(=O)Cc1ccccc1)c1cccc(Br)c1. The maximum Gasteiger partial charge on any atom is 0.169 e. The summed E-state index contributed by atoms with van der Waals surface area (Å²) in [7, 11) is 1.80. The van der Waals surface area contributed by atoms with Crippen LogP contribution in [0, 0.1) is 0 Å². The number of carbonyl (C=O) groups excluding carboxylic acids is 1. The summed E-state index contributed by atoms with van der Waals surface area (Å²) < 4.78 is 0.963. The van der Waals surface area contributed by atoms with E-state index in [1.54, 1.807) is 13.2 Å². The fraction of sp³-hybridized carbons (Fsp3) is 0.118. The van der Waals surface area contributed by atoms with E-state index in [0.717, 1.165) is 15.6 Å². The van der Waals surface area contributed by atoms with Crippen LogP contribution in [0.5, 0.6) is 0 Å². The molecule has 0 bridgehead atoms. The molecular formula is C17H16BrNO. The highest BCUT2D eigenvalue weighted by Crippen LogP contribution is 2.21. The van der Waals surface area contributed by atoms with Gasteiger partial charge in [-0.05, 0) is 23.3 Å². The maximum atomic E-state index is 12.5. The highest BCUT2D eigenvalue weighted by molar-refractivity contribution is 9.10. The highest BCUT2D eigenvalue weighted by atomic mass is 79.9. The number of hydrogen-bond donors (Lipinski definition) is 1. The van der Waals surface area contributed by atoms with Gasteiger partial charge >= 0.3 is 0 Å². The van der Waals surface area contributed by atoms with Crippen LogP contribution < -0.4 is 5.32 Å². The number of nitrogens with one attached hydrogen (secondary N) is 1. The summed E-state index contributed by atoms with van der Waals surface area (Å²) >= 11 is 3.44. The number of ketones is 1. The number of rotatable bonds is 5. The molecule has 0 saturated carbocycles. The van der Waals surface area contributed by atoms with Crippen molar-refractivity contribution in [3.63, 3.8) is 0 Å². The molecule has 0 atom stereocenters. The molecular weight excluding hydrogens is 314 g/mol. The van der Waals surface area contributed by atoms with Crippen molar-refractivity contribution in [3.05, 3.63) is 76.4 Å². The van der Waals surface area contributed by atoms with E-state index in [1.807, 2.05) is 54.6 Å². The lowest BCUT2D eigenvalue weighted by Crippen LogP contribution is -2.09. The normalized spacial score (nSPS) is 11.2. The number of benzene rings is 2. The van der Waals surface area contributed by atoms with Crippen LogP contribution in [-0.2, 0) is 11.2 Å². The first-order valence-electron chi connectivity index (χ1n) is 6.41. The van der Waals surface area contributed by atoms with Crippen molar-refractivity contribution in [1.82, 2.24) is 5.32 Å². The van der Waals surface area contributed by atoms with E-state index < -0.39 is 0 Å². The number of Topliss-reactive ketones (excluding diaryl/α,β-unsaturated/α-hetero) is 1. The molecule has 0 saturated heterocycles. The van der Waals surface area contributed by atoms with Gasteiger partial charge < -0.3 is 5.32 Å². The Labute approximate surface area is 127 Å². The second-order valence-electron chi connectivity index (χ2n) is 4.44. The van der Waals surface area contributed by atoms with E-state index in [-0.39, 0.29) is 5.78 Å². The first-order valence-corrected chi connectivity index (χ1v) is 7.20. The van der Waals surface area contributed by atoms with Crippen LogP contribution >= 0.6 is 15.9 Å². The lowest BCUT2D eigenvalue weighted by molar-refractivity contribution is -0.113. The molecule has 0 amide bonds. The summed E-state index contributed by atoms with van der Waals surface area (Å²) in [5.74, 6) is 0.101. The third-order valence-electron chi connectivity index (χ3n) is 2.93. The van der Waals surface area contributed by atoms with Gasteiger partial charge in [-0.1, -0.05) is 58.4 Å². The van der Waals surface area contributed by atoms with Crippen LogP contribution in [0.4, 0.5) is 0 Å². The molecule has 2 aromatic carbocycles. The van der Waals surface area contributed by atoms with E-state index >= 15 is 0 Å². The van der Waals surface area contributed by atoms with Crippen molar-refractivity contribution < 1.29 is 4.79 Å². The molecule has 0 aromatic heterocycles. The zero-order valence-corrected chi connectivity index (χ0v) is 12.9. The molecule has 0 spiro atoms. The molecule has 2 nitrogen and oxygen atoms in total. The van der Waals surface area contributed by atoms with E-state index in [4.69, 9.17) is 0 Å². The van der Waals surface area contributed by atoms with Gasteiger partial charge in [-0.3, -0.25) is 4.79 Å². The average Bonchev–Trinajstić information content (AvgIpc) is 2.45. The summed E-state index contributed by atoms with van der Waals surface area (Å²) in [4.78, 5) is 12.5. The van der Waals surface area contributed by atoms with Crippen LogP contribution in [0.2, 0.25) is 0 Å². The van der Waals surface area contributed by atoms with Gasteiger partial charge in [-0.2, -0.15) is 0 Å². The van der Waals surface area contributed by atoms with Gasteiger partial charge in [0.15, 0.2) is 5.78 Å². The van der Waals surface area contributed by atoms with E-state index in [1.165, 1.54) is 0 Å². The average molecular weight is 330 g/mol. The van der Waals surface area contributed by atoms with Crippen LogP contribution in [0.3, 0.4) is 0 Å². The fourth-order valence-electron chi connectivity index (χ4n) is 2.00. The smallest absolute Gasteiger partial charge is 0.169 e. The predicted molar refractivity (Wildman–Crippen MR) is 86.3 cm³/mol. The monoisotopic (exact) mass is 329 g/mol. The molecule has 0 radical (unpaired) electrons. The van der Waals surface area contributed by atoms with Crippen molar-refractivity contribution >= 4 is 27.3 Å².